The molecule has 1 aliphatic carbocycles. The topological polar surface area (TPSA) is 117 Å². The van der Waals surface area contributed by atoms with E-state index in [1.807, 2.05) is 98.8 Å². The smallest absolute Gasteiger partial charge is 0.376 e. The zero-order valence-electron chi connectivity index (χ0n) is 27.1. The lowest BCUT2D eigenvalue weighted by molar-refractivity contribution is -0.160. The van der Waals surface area contributed by atoms with Crippen molar-refractivity contribution in [2.45, 2.75) is 39.5 Å². The third-order valence-electron chi connectivity index (χ3n) is 8.07. The number of hydrogen-bond donors (Lipinski definition) is 2. The molecule has 1 fully saturated rings. The summed E-state index contributed by atoms with van der Waals surface area (Å²) in [4.78, 5) is 55.2. The summed E-state index contributed by atoms with van der Waals surface area (Å²) < 4.78 is 10.5. The van der Waals surface area contributed by atoms with Crippen LogP contribution in [0.4, 0.5) is 43.7 Å². The molecule has 0 radical (unpaired) electrons. The van der Waals surface area contributed by atoms with Crippen LogP contribution in [0.15, 0.2) is 109 Å². The molecule has 2 amide bonds. The van der Waals surface area contributed by atoms with E-state index in [1.54, 1.807) is 24.3 Å². The SMILES string of the molecule is CCCN(C(=O)OC(=O)C1CCC1C(=O)OC(=O)N(CCC)c1ccc(Nc2ccccc2)cc1)c1ccc(Nc2ccccc2)cc1. The Balaban J connectivity index is 1.16. The maximum atomic E-state index is 13.1. The van der Waals surface area contributed by atoms with E-state index in [1.165, 1.54) is 9.80 Å². The number of para-hydroxylation sites is 2. The standard InChI is InChI=1S/C38H40N4O6/c1-3-25-41(31-19-15-29(16-20-31)39-27-11-7-5-8-12-27)37(45)47-35(43)33-23-24-34(33)36(44)48-38(46)42(26-4-2)32-21-17-30(18-22-32)40-28-13-9-6-10-14-28/h5-22,33-34,39-40H,3-4,23-26H2,1-2H3. The molecule has 2 N–H and O–H groups in total. The Labute approximate surface area is 280 Å². The number of ether oxygens (including phenoxy) is 2. The van der Waals surface area contributed by atoms with Gasteiger partial charge in [0.05, 0.1) is 11.8 Å². The molecule has 4 aromatic carbocycles. The monoisotopic (exact) mass is 648 g/mol. The summed E-state index contributed by atoms with van der Waals surface area (Å²) in [6.07, 6.45) is 0.327. The number of esters is 2. The summed E-state index contributed by atoms with van der Waals surface area (Å²) in [5, 5.41) is 6.59. The zero-order chi connectivity index (χ0) is 33.9. The minimum absolute atomic E-state index is 0.332. The molecule has 1 saturated carbocycles. The molecule has 0 saturated heterocycles. The predicted molar refractivity (Wildman–Crippen MR) is 187 cm³/mol. The molecule has 10 heteroatoms. The normalized spacial score (nSPS) is 15.0. The van der Waals surface area contributed by atoms with Gasteiger partial charge in [-0.1, -0.05) is 50.2 Å². The zero-order valence-corrected chi connectivity index (χ0v) is 27.1. The van der Waals surface area contributed by atoms with Crippen LogP contribution in [-0.2, 0) is 19.1 Å². The summed E-state index contributed by atoms with van der Waals surface area (Å²) in [6, 6.07) is 33.9. The number of amides is 2. The van der Waals surface area contributed by atoms with Gasteiger partial charge < -0.3 is 20.1 Å². The van der Waals surface area contributed by atoms with E-state index < -0.39 is 36.0 Å². The highest BCUT2D eigenvalue weighted by molar-refractivity contribution is 5.99. The first-order chi connectivity index (χ1) is 23.4. The number of carbonyl (C=O) groups is 4. The van der Waals surface area contributed by atoms with Gasteiger partial charge in [0, 0.05) is 47.2 Å². The van der Waals surface area contributed by atoms with E-state index >= 15 is 0 Å². The number of hydrogen-bond acceptors (Lipinski definition) is 8. The van der Waals surface area contributed by atoms with Crippen molar-refractivity contribution in [2.24, 2.45) is 11.8 Å². The van der Waals surface area contributed by atoms with Crippen molar-refractivity contribution in [1.29, 1.82) is 0 Å². The fourth-order valence-corrected chi connectivity index (χ4v) is 5.42. The van der Waals surface area contributed by atoms with E-state index in [-0.39, 0.29) is 0 Å². The fourth-order valence-electron chi connectivity index (χ4n) is 5.42. The van der Waals surface area contributed by atoms with Crippen molar-refractivity contribution >= 4 is 58.2 Å². The highest BCUT2D eigenvalue weighted by Gasteiger charge is 2.45. The molecular weight excluding hydrogens is 608 g/mol. The molecule has 10 nitrogen and oxygen atoms in total. The summed E-state index contributed by atoms with van der Waals surface area (Å²) in [5.41, 5.74) is 4.68. The molecular formula is C38H40N4O6. The van der Waals surface area contributed by atoms with Crippen molar-refractivity contribution < 1.29 is 28.7 Å². The van der Waals surface area contributed by atoms with Gasteiger partial charge >= 0.3 is 24.1 Å². The first kappa shape index (κ1) is 33.7. The van der Waals surface area contributed by atoms with E-state index in [2.05, 4.69) is 10.6 Å². The Hall–Kier alpha value is -5.64. The lowest BCUT2D eigenvalue weighted by Gasteiger charge is -2.33. The van der Waals surface area contributed by atoms with Crippen LogP contribution in [0, 0.1) is 11.8 Å². The number of carbonyl (C=O) groups excluding carboxylic acids is 4. The van der Waals surface area contributed by atoms with Crippen molar-refractivity contribution in [3.63, 3.8) is 0 Å². The van der Waals surface area contributed by atoms with Gasteiger partial charge in [-0.3, -0.25) is 19.4 Å². The van der Waals surface area contributed by atoms with Crippen molar-refractivity contribution in [2.75, 3.05) is 33.5 Å². The minimum Gasteiger partial charge on any atom is -0.376 e. The molecule has 0 aromatic heterocycles. The van der Waals surface area contributed by atoms with Crippen LogP contribution < -0.4 is 20.4 Å². The van der Waals surface area contributed by atoms with Gasteiger partial charge in [0.2, 0.25) is 0 Å². The predicted octanol–water partition coefficient (Wildman–Crippen LogP) is 8.66. The average molecular weight is 649 g/mol. The van der Waals surface area contributed by atoms with Gasteiger partial charge in [-0.05, 0) is 98.5 Å². The Morgan fingerprint density at radius 3 is 1.19 bits per heavy atom. The van der Waals surface area contributed by atoms with E-state index in [0.717, 1.165) is 22.7 Å². The Bertz CT molecular complexity index is 1550. The summed E-state index contributed by atoms with van der Waals surface area (Å²) >= 11 is 0. The highest BCUT2D eigenvalue weighted by atomic mass is 16.6. The van der Waals surface area contributed by atoms with Gasteiger partial charge in [0.1, 0.15) is 0 Å². The second kappa shape index (κ2) is 16.3. The van der Waals surface area contributed by atoms with E-state index in [9.17, 15) is 19.2 Å². The van der Waals surface area contributed by atoms with E-state index in [0.29, 0.717) is 50.1 Å². The van der Waals surface area contributed by atoms with Crippen LogP contribution in [0.25, 0.3) is 0 Å². The molecule has 48 heavy (non-hydrogen) atoms. The number of nitrogens with zero attached hydrogens (tertiary/aromatic N) is 2. The van der Waals surface area contributed by atoms with Crippen LogP contribution in [-0.4, -0.2) is 37.2 Å². The van der Waals surface area contributed by atoms with Gasteiger partial charge in [-0.2, -0.15) is 0 Å². The van der Waals surface area contributed by atoms with Crippen molar-refractivity contribution in [3.05, 3.63) is 109 Å². The van der Waals surface area contributed by atoms with Crippen LogP contribution in [0.1, 0.15) is 39.5 Å². The second-order valence-electron chi connectivity index (χ2n) is 11.5. The molecule has 2 unspecified atom stereocenters. The molecule has 2 atom stereocenters. The fraction of sp³-hybridized carbons (Fsp3) is 0.263. The third-order valence-corrected chi connectivity index (χ3v) is 8.07. The molecule has 0 aliphatic heterocycles. The largest absolute Gasteiger partial charge is 0.422 e. The average Bonchev–Trinajstić information content (AvgIpc) is 3.07. The van der Waals surface area contributed by atoms with Crippen molar-refractivity contribution in [3.8, 4) is 0 Å². The molecule has 0 bridgehead atoms. The van der Waals surface area contributed by atoms with Gasteiger partial charge in [-0.15, -0.1) is 0 Å². The number of benzene rings is 4. The van der Waals surface area contributed by atoms with E-state index in [4.69, 9.17) is 9.47 Å². The van der Waals surface area contributed by atoms with Crippen LogP contribution >= 0.6 is 0 Å². The maximum Gasteiger partial charge on any atom is 0.422 e. The Kier molecular flexibility index (Phi) is 11.4. The van der Waals surface area contributed by atoms with Crippen LogP contribution in [0.5, 0.6) is 0 Å². The van der Waals surface area contributed by atoms with Gasteiger partial charge in [-0.25, -0.2) is 9.59 Å². The lowest BCUT2D eigenvalue weighted by atomic mass is 9.74. The molecule has 248 valence electrons. The quantitative estimate of drug-likeness (QED) is 0.116. The first-order valence-electron chi connectivity index (χ1n) is 16.3. The molecule has 5 rings (SSSR count). The molecule has 0 spiro atoms. The Morgan fingerprint density at radius 1 is 0.542 bits per heavy atom. The second-order valence-corrected chi connectivity index (χ2v) is 11.5. The van der Waals surface area contributed by atoms with Crippen molar-refractivity contribution in [1.82, 2.24) is 0 Å². The van der Waals surface area contributed by atoms with Crippen LogP contribution in [0.2, 0.25) is 0 Å². The maximum absolute atomic E-state index is 13.1. The van der Waals surface area contributed by atoms with Crippen LogP contribution in [0.3, 0.4) is 0 Å². The third kappa shape index (κ3) is 8.58. The summed E-state index contributed by atoms with van der Waals surface area (Å²) in [7, 11) is 0. The number of anilines is 6. The molecule has 1 aliphatic rings. The highest BCUT2D eigenvalue weighted by Crippen LogP contribution is 2.37. The molecule has 4 aromatic rings. The lowest BCUT2D eigenvalue weighted by Crippen LogP contribution is -2.44. The number of rotatable bonds is 12. The van der Waals surface area contributed by atoms with Gasteiger partial charge in [0.15, 0.2) is 0 Å². The minimum atomic E-state index is -0.877. The van der Waals surface area contributed by atoms with Gasteiger partial charge in [0.25, 0.3) is 0 Å². The number of nitrogens with one attached hydrogen (secondary N) is 2. The molecule has 0 heterocycles. The Morgan fingerprint density at radius 2 is 0.875 bits per heavy atom. The first-order valence-corrected chi connectivity index (χ1v) is 16.3. The summed E-state index contributed by atoms with van der Waals surface area (Å²) in [6.45, 7) is 4.50. The summed E-state index contributed by atoms with van der Waals surface area (Å²) in [5.74, 6) is -3.37.